The number of methoxy groups -OCH3 is 2. The molecule has 6 atom stereocenters. The predicted octanol–water partition coefficient (Wildman–Crippen LogP) is 6.28. The van der Waals surface area contributed by atoms with Crippen LogP contribution in [-0.2, 0) is 0 Å². The van der Waals surface area contributed by atoms with E-state index in [4.69, 9.17) is 9.47 Å². The van der Waals surface area contributed by atoms with Crippen LogP contribution in [0.4, 0.5) is 20.2 Å². The first-order valence-electron chi connectivity index (χ1n) is 19.2. The van der Waals surface area contributed by atoms with Crippen molar-refractivity contribution < 1.29 is 43.5 Å². The van der Waals surface area contributed by atoms with Crippen LogP contribution in [0.1, 0.15) is 86.2 Å². The standard InChI is InChI=1S/2C20H23FIN3O4.2ClH.H2O/c2*1-9-7-25(19(22)10(2)23-9)16-14(21)6-12-15(18(16)29-3)24(11-4-5-11)8-13(17(12)26)20(27)28;;;/h2*6,8-11,19,23H,4-5,7H2,1-3H3,(H,27,28);2*1H;1H2. The van der Waals surface area contributed by atoms with Gasteiger partial charge in [-0.3, -0.25) is 9.59 Å². The van der Waals surface area contributed by atoms with E-state index < -0.39 is 34.4 Å². The van der Waals surface area contributed by atoms with Gasteiger partial charge in [0.2, 0.25) is 10.9 Å². The van der Waals surface area contributed by atoms with Crippen molar-refractivity contribution in [2.75, 3.05) is 37.1 Å². The highest BCUT2D eigenvalue weighted by Gasteiger charge is 2.38. The Kier molecular flexibility index (Phi) is 16.3. The monoisotopic (exact) mass is 1120 g/mol. The fourth-order valence-corrected chi connectivity index (χ4v) is 9.74. The van der Waals surface area contributed by atoms with Crippen LogP contribution in [0, 0.1) is 11.6 Å². The number of nitrogens with one attached hydrogen (secondary N) is 2. The van der Waals surface area contributed by atoms with E-state index >= 15 is 8.78 Å². The van der Waals surface area contributed by atoms with Crippen LogP contribution in [0.2, 0.25) is 0 Å². The number of piperazine rings is 2. The molecule has 6 N–H and O–H groups in total. The van der Waals surface area contributed by atoms with E-state index in [1.165, 1.54) is 38.7 Å². The Morgan fingerprint density at radius 3 is 1.30 bits per heavy atom. The molecule has 4 fully saturated rings. The molecule has 2 aromatic heterocycles. The zero-order chi connectivity index (χ0) is 42.1. The van der Waals surface area contributed by atoms with E-state index in [2.05, 4.69) is 55.8 Å². The number of hydrogen-bond donors (Lipinski definition) is 4. The van der Waals surface area contributed by atoms with Gasteiger partial charge in [-0.1, -0.05) is 45.2 Å². The van der Waals surface area contributed by atoms with E-state index in [0.717, 1.165) is 25.7 Å². The Balaban J connectivity index is 0.000000256. The van der Waals surface area contributed by atoms with Crippen LogP contribution in [-0.4, -0.2) is 96.3 Å². The Labute approximate surface area is 389 Å². The lowest BCUT2D eigenvalue weighted by atomic mass is 10.1. The van der Waals surface area contributed by atoms with Gasteiger partial charge in [-0.05, 0) is 65.5 Å². The Bertz CT molecular complexity index is 2290. The molecule has 2 aliphatic heterocycles. The quantitative estimate of drug-likeness (QED) is 0.0877. The average molecular weight is 1120 g/mol. The van der Waals surface area contributed by atoms with Crippen molar-refractivity contribution in [1.29, 1.82) is 0 Å². The van der Waals surface area contributed by atoms with Gasteiger partial charge in [0.1, 0.15) is 22.5 Å². The fourth-order valence-electron chi connectivity index (χ4n) is 8.32. The van der Waals surface area contributed by atoms with E-state index in [-0.39, 0.29) is 108 Å². The summed E-state index contributed by atoms with van der Waals surface area (Å²) in [7, 11) is 2.92. The molecule has 2 saturated heterocycles. The first-order chi connectivity index (χ1) is 27.5. The molecule has 4 heterocycles. The highest BCUT2D eigenvalue weighted by molar-refractivity contribution is 14.1. The zero-order valence-corrected chi connectivity index (χ0v) is 40.1. The molecule has 8 rings (SSSR count). The summed E-state index contributed by atoms with van der Waals surface area (Å²) < 4.78 is 45.7. The van der Waals surface area contributed by atoms with Crippen LogP contribution in [0.25, 0.3) is 21.8 Å². The van der Waals surface area contributed by atoms with Crippen LogP contribution >= 0.6 is 70.0 Å². The number of nitrogens with zero attached hydrogens (tertiary/aromatic N) is 4. The highest BCUT2D eigenvalue weighted by atomic mass is 127. The van der Waals surface area contributed by atoms with Crippen molar-refractivity contribution in [3.63, 3.8) is 0 Å². The number of anilines is 2. The molecule has 0 bridgehead atoms. The normalized spacial score (nSPS) is 23.5. The number of hydrogen-bond acceptors (Lipinski definition) is 10. The van der Waals surface area contributed by atoms with Gasteiger partial charge in [-0.25, -0.2) is 18.4 Å². The number of benzene rings is 2. The molecule has 6 unspecified atom stereocenters. The van der Waals surface area contributed by atoms with Crippen molar-refractivity contribution in [1.82, 2.24) is 19.8 Å². The maximum absolute atomic E-state index is 15.4. The summed E-state index contributed by atoms with van der Waals surface area (Å²) in [5, 5.41) is 25.9. The lowest BCUT2D eigenvalue weighted by Crippen LogP contribution is -2.58. The summed E-state index contributed by atoms with van der Waals surface area (Å²) in [5.74, 6) is -3.23. The smallest absolute Gasteiger partial charge is 0.341 e. The van der Waals surface area contributed by atoms with Crippen molar-refractivity contribution in [2.45, 2.75) is 97.7 Å². The SMILES string of the molecule is COc1c(N2CC(C)NC(C)C2I)c(F)cc2c(=O)c(C(=O)O)cn(C3CC3)c12.COc1c(N2CC(C)NC(C)C2I)c(F)cc2c(=O)c(C(=O)O)cn(C3CC3)c12.Cl.Cl.O. The van der Waals surface area contributed by atoms with Gasteiger partial charge in [0.15, 0.2) is 23.1 Å². The zero-order valence-electron chi connectivity index (χ0n) is 34.1. The molecular weight excluding hydrogens is 1070 g/mol. The predicted molar refractivity (Wildman–Crippen MR) is 252 cm³/mol. The molecule has 61 heavy (non-hydrogen) atoms. The van der Waals surface area contributed by atoms with Gasteiger partial charge in [-0.15, -0.1) is 24.8 Å². The fraction of sp³-hybridized carbons (Fsp3) is 0.500. The topological polar surface area (TPSA) is 199 Å². The number of carboxylic acids is 2. The third-order valence-electron chi connectivity index (χ3n) is 11.2. The molecule has 336 valence electrons. The minimum atomic E-state index is -1.31. The van der Waals surface area contributed by atoms with Crippen LogP contribution < -0.4 is 40.8 Å². The molecule has 2 aromatic carbocycles. The second-order valence-corrected chi connectivity index (χ2v) is 18.2. The van der Waals surface area contributed by atoms with E-state index in [1.807, 2.05) is 37.5 Å². The van der Waals surface area contributed by atoms with Crippen molar-refractivity contribution >= 4 is 115 Å². The summed E-state index contributed by atoms with van der Waals surface area (Å²) in [6, 6.07) is 3.05. The number of pyridine rings is 2. The summed E-state index contributed by atoms with van der Waals surface area (Å²) >= 11 is 4.56. The maximum Gasteiger partial charge on any atom is 0.341 e. The Hall–Kier alpha value is -3.22. The van der Waals surface area contributed by atoms with Gasteiger partial charge in [0.05, 0.1) is 44.1 Å². The van der Waals surface area contributed by atoms with Crippen molar-refractivity contribution in [2.24, 2.45) is 0 Å². The Morgan fingerprint density at radius 1 is 0.689 bits per heavy atom. The summed E-state index contributed by atoms with van der Waals surface area (Å²) in [5.41, 5.74) is -0.535. The summed E-state index contributed by atoms with van der Waals surface area (Å²) in [4.78, 5) is 52.7. The number of halogens is 6. The molecule has 21 heteroatoms. The number of fused-ring (bicyclic) bond motifs is 2. The van der Waals surface area contributed by atoms with Crippen LogP contribution in [0.15, 0.2) is 34.1 Å². The van der Waals surface area contributed by atoms with Gasteiger partial charge in [0, 0.05) is 61.7 Å². The second kappa shape index (κ2) is 19.7. The second-order valence-electron chi connectivity index (χ2n) is 15.7. The van der Waals surface area contributed by atoms with Gasteiger partial charge in [0.25, 0.3) is 0 Å². The molecule has 0 spiro atoms. The third kappa shape index (κ3) is 9.38. The number of ether oxygens (including phenoxy) is 2. The third-order valence-corrected chi connectivity index (χ3v) is 14.7. The number of aromatic nitrogens is 2. The number of aromatic carboxylic acids is 2. The van der Waals surface area contributed by atoms with Crippen LogP contribution in [0.3, 0.4) is 0 Å². The van der Waals surface area contributed by atoms with Crippen molar-refractivity contribution in [3.05, 3.63) is 67.7 Å². The van der Waals surface area contributed by atoms with Crippen molar-refractivity contribution in [3.8, 4) is 11.5 Å². The molecule has 0 amide bonds. The molecule has 0 radical (unpaired) electrons. The minimum absolute atomic E-state index is 0. The van der Waals surface area contributed by atoms with Gasteiger partial charge < -0.3 is 54.7 Å². The van der Waals surface area contributed by atoms with E-state index in [9.17, 15) is 29.4 Å². The van der Waals surface area contributed by atoms with Gasteiger partial charge >= 0.3 is 11.9 Å². The minimum Gasteiger partial charge on any atom is -0.492 e. The number of alkyl halides is 2. The summed E-state index contributed by atoms with van der Waals surface area (Å²) in [6.45, 7) is 9.33. The average Bonchev–Trinajstić information content (AvgIpc) is 4.10. The van der Waals surface area contributed by atoms with Gasteiger partial charge in [-0.2, -0.15) is 0 Å². The first-order valence-corrected chi connectivity index (χ1v) is 21.7. The Morgan fingerprint density at radius 2 is 1.02 bits per heavy atom. The number of carbonyl (C=O) groups is 2. The van der Waals surface area contributed by atoms with E-state index in [1.54, 1.807) is 9.13 Å². The lowest BCUT2D eigenvalue weighted by molar-refractivity contribution is 0.0684. The maximum atomic E-state index is 15.4. The largest absolute Gasteiger partial charge is 0.492 e. The molecular formula is C40H50Cl2F2I2N6O9. The lowest BCUT2D eigenvalue weighted by Gasteiger charge is -2.42. The first kappa shape index (κ1) is 50.4. The van der Waals surface area contributed by atoms with E-state index in [0.29, 0.717) is 35.5 Å². The molecule has 2 aliphatic carbocycles. The molecule has 4 aromatic rings. The molecule has 15 nitrogen and oxygen atoms in total. The molecule has 2 saturated carbocycles. The number of carboxylic acid groups (broad SMARTS) is 2. The van der Waals surface area contributed by atoms with Crippen LogP contribution in [0.5, 0.6) is 11.5 Å². The number of rotatable bonds is 8. The summed E-state index contributed by atoms with van der Waals surface area (Å²) in [6.07, 6.45) is 6.26. The highest BCUT2D eigenvalue weighted by Crippen LogP contribution is 2.47. The molecule has 4 aliphatic rings.